The predicted molar refractivity (Wildman–Crippen MR) is 65.7 cm³/mol. The van der Waals surface area contributed by atoms with Crippen molar-refractivity contribution in [2.24, 2.45) is 0 Å². The molecule has 2 heteroatoms. The maximum absolute atomic E-state index is 11.8. The van der Waals surface area contributed by atoms with Gasteiger partial charge >= 0.3 is 0 Å². The van der Waals surface area contributed by atoms with Crippen LogP contribution in [0.2, 0.25) is 0 Å². The van der Waals surface area contributed by atoms with E-state index in [1.165, 1.54) is 10.1 Å². The fraction of sp³-hybridized carbons (Fsp3) is 0.308. The molecule has 1 aromatic heterocycles. The molecule has 0 N–H and O–H groups in total. The van der Waals surface area contributed by atoms with Gasteiger partial charge in [-0.2, -0.15) is 0 Å². The van der Waals surface area contributed by atoms with Crippen molar-refractivity contribution in [2.45, 2.75) is 26.2 Å². The fourth-order valence-electron chi connectivity index (χ4n) is 1.58. The van der Waals surface area contributed by atoms with E-state index in [1.807, 2.05) is 18.2 Å². The van der Waals surface area contributed by atoms with Crippen molar-refractivity contribution in [3.8, 4) is 0 Å². The van der Waals surface area contributed by atoms with Crippen molar-refractivity contribution in [3.63, 3.8) is 0 Å². The number of unbranched alkanes of at least 4 members (excludes halogenated alkanes) is 1. The van der Waals surface area contributed by atoms with Crippen molar-refractivity contribution in [1.29, 1.82) is 0 Å². The van der Waals surface area contributed by atoms with E-state index in [0.29, 0.717) is 6.42 Å². The Morgan fingerprint density at radius 2 is 2.13 bits per heavy atom. The van der Waals surface area contributed by atoms with E-state index in [2.05, 4.69) is 19.1 Å². The second-order valence-electron chi connectivity index (χ2n) is 3.68. The fourth-order valence-corrected chi connectivity index (χ4v) is 2.61. The molecular formula is C13H14OS. The van der Waals surface area contributed by atoms with E-state index in [4.69, 9.17) is 0 Å². The van der Waals surface area contributed by atoms with Gasteiger partial charge in [-0.25, -0.2) is 0 Å². The molecule has 0 radical (unpaired) electrons. The van der Waals surface area contributed by atoms with Gasteiger partial charge in [0.25, 0.3) is 0 Å². The molecule has 1 aromatic carbocycles. The number of thiophene rings is 1. The molecular weight excluding hydrogens is 204 g/mol. The first-order valence-corrected chi connectivity index (χ1v) is 6.14. The van der Waals surface area contributed by atoms with Crippen molar-refractivity contribution in [1.82, 2.24) is 0 Å². The summed E-state index contributed by atoms with van der Waals surface area (Å²) in [5.74, 6) is 0.290. The second kappa shape index (κ2) is 4.58. The van der Waals surface area contributed by atoms with Gasteiger partial charge in [0.05, 0.1) is 4.88 Å². The van der Waals surface area contributed by atoms with Crippen LogP contribution in [0, 0.1) is 0 Å². The van der Waals surface area contributed by atoms with E-state index in [1.54, 1.807) is 11.3 Å². The van der Waals surface area contributed by atoms with E-state index in [-0.39, 0.29) is 5.78 Å². The van der Waals surface area contributed by atoms with Crippen molar-refractivity contribution >= 4 is 27.2 Å². The maximum Gasteiger partial charge on any atom is 0.172 e. The summed E-state index contributed by atoms with van der Waals surface area (Å²) in [5.41, 5.74) is 0. The molecule has 0 atom stereocenters. The lowest BCUT2D eigenvalue weighted by Crippen LogP contribution is -1.94. The molecule has 78 valence electrons. The Morgan fingerprint density at radius 3 is 2.87 bits per heavy atom. The average molecular weight is 218 g/mol. The summed E-state index contributed by atoms with van der Waals surface area (Å²) >= 11 is 1.61. The smallest absolute Gasteiger partial charge is 0.172 e. The Bertz CT molecular complexity index is 437. The molecule has 0 saturated carbocycles. The second-order valence-corrected chi connectivity index (χ2v) is 4.76. The Hall–Kier alpha value is -1.15. The number of Topliss-reactive ketones (excluding diaryl/α,β-unsaturated/α-hetero) is 1. The summed E-state index contributed by atoms with van der Waals surface area (Å²) in [6.07, 6.45) is 2.76. The van der Waals surface area contributed by atoms with Crippen LogP contribution in [-0.4, -0.2) is 5.78 Å². The van der Waals surface area contributed by atoms with Gasteiger partial charge < -0.3 is 0 Å². The summed E-state index contributed by atoms with van der Waals surface area (Å²) < 4.78 is 1.21. The topological polar surface area (TPSA) is 17.1 Å². The number of carbonyl (C=O) groups is 1. The average Bonchev–Trinajstić information content (AvgIpc) is 2.69. The molecule has 0 amide bonds. The minimum Gasteiger partial charge on any atom is -0.293 e. The molecule has 0 unspecified atom stereocenters. The predicted octanol–water partition coefficient (Wildman–Crippen LogP) is 4.27. The number of carbonyl (C=O) groups excluding carboxylic acids is 1. The summed E-state index contributed by atoms with van der Waals surface area (Å²) in [6.45, 7) is 2.11. The van der Waals surface area contributed by atoms with Crippen LogP contribution in [0.3, 0.4) is 0 Å². The Kier molecular flexibility index (Phi) is 3.17. The molecule has 0 aliphatic heterocycles. The van der Waals surface area contributed by atoms with Gasteiger partial charge in [0.2, 0.25) is 0 Å². The van der Waals surface area contributed by atoms with Gasteiger partial charge in [-0.05, 0) is 23.9 Å². The first-order chi connectivity index (χ1) is 7.31. The highest BCUT2D eigenvalue weighted by Crippen LogP contribution is 2.26. The highest BCUT2D eigenvalue weighted by Gasteiger charge is 2.08. The van der Waals surface area contributed by atoms with E-state index in [0.717, 1.165) is 17.7 Å². The van der Waals surface area contributed by atoms with Crippen LogP contribution in [0.15, 0.2) is 30.3 Å². The highest BCUT2D eigenvalue weighted by atomic mass is 32.1. The van der Waals surface area contributed by atoms with Gasteiger partial charge in [0, 0.05) is 11.1 Å². The van der Waals surface area contributed by atoms with Crippen molar-refractivity contribution < 1.29 is 4.79 Å². The minimum atomic E-state index is 0.290. The lowest BCUT2D eigenvalue weighted by Gasteiger charge is -1.93. The summed E-state index contributed by atoms with van der Waals surface area (Å²) in [5, 5.41) is 1.18. The van der Waals surface area contributed by atoms with Crippen LogP contribution in [0.25, 0.3) is 10.1 Å². The molecule has 1 nitrogen and oxygen atoms in total. The van der Waals surface area contributed by atoms with E-state index in [9.17, 15) is 4.79 Å². The quantitative estimate of drug-likeness (QED) is 0.700. The van der Waals surface area contributed by atoms with Crippen molar-refractivity contribution in [2.75, 3.05) is 0 Å². The maximum atomic E-state index is 11.8. The lowest BCUT2D eigenvalue weighted by molar-refractivity contribution is 0.0984. The minimum absolute atomic E-state index is 0.290. The van der Waals surface area contributed by atoms with Gasteiger partial charge in [0.15, 0.2) is 5.78 Å². The zero-order chi connectivity index (χ0) is 10.7. The number of fused-ring (bicyclic) bond motifs is 1. The van der Waals surface area contributed by atoms with E-state index < -0.39 is 0 Å². The molecule has 0 spiro atoms. The van der Waals surface area contributed by atoms with Crippen LogP contribution < -0.4 is 0 Å². The molecule has 0 bridgehead atoms. The zero-order valence-electron chi connectivity index (χ0n) is 8.82. The zero-order valence-corrected chi connectivity index (χ0v) is 9.64. The standard InChI is InChI=1S/C13H14OS/c1-2-3-7-11(14)13-9-10-6-4-5-8-12(10)15-13/h4-6,8-9H,2-3,7H2,1H3. The van der Waals surface area contributed by atoms with Crippen LogP contribution >= 0.6 is 11.3 Å². The first-order valence-electron chi connectivity index (χ1n) is 5.33. The molecule has 0 saturated heterocycles. The molecule has 1 heterocycles. The molecule has 0 aliphatic carbocycles. The number of hydrogen-bond donors (Lipinski definition) is 0. The van der Waals surface area contributed by atoms with Gasteiger partial charge in [-0.3, -0.25) is 4.79 Å². The SMILES string of the molecule is CCCCC(=O)c1cc2ccccc2s1. The molecule has 0 aliphatic rings. The Morgan fingerprint density at radius 1 is 1.33 bits per heavy atom. The van der Waals surface area contributed by atoms with Crippen LogP contribution in [0.1, 0.15) is 35.9 Å². The number of benzene rings is 1. The first kappa shape index (κ1) is 10.4. The lowest BCUT2D eigenvalue weighted by atomic mass is 10.1. The number of rotatable bonds is 4. The molecule has 2 aromatic rings. The summed E-state index contributed by atoms with van der Waals surface area (Å²) in [7, 11) is 0. The summed E-state index contributed by atoms with van der Waals surface area (Å²) in [4.78, 5) is 12.7. The third-order valence-corrected chi connectivity index (χ3v) is 3.61. The van der Waals surface area contributed by atoms with Crippen LogP contribution in [0.5, 0.6) is 0 Å². The van der Waals surface area contributed by atoms with Gasteiger partial charge in [-0.1, -0.05) is 31.5 Å². The summed E-state index contributed by atoms with van der Waals surface area (Å²) in [6, 6.07) is 10.2. The van der Waals surface area contributed by atoms with Crippen LogP contribution in [0.4, 0.5) is 0 Å². The number of ketones is 1. The normalized spacial score (nSPS) is 10.7. The Labute approximate surface area is 93.7 Å². The third-order valence-electron chi connectivity index (χ3n) is 2.46. The third kappa shape index (κ3) is 2.26. The molecule has 15 heavy (non-hydrogen) atoms. The van der Waals surface area contributed by atoms with Gasteiger partial charge in [-0.15, -0.1) is 11.3 Å². The monoisotopic (exact) mass is 218 g/mol. The van der Waals surface area contributed by atoms with Gasteiger partial charge in [0.1, 0.15) is 0 Å². The number of hydrogen-bond acceptors (Lipinski definition) is 2. The van der Waals surface area contributed by atoms with E-state index >= 15 is 0 Å². The highest BCUT2D eigenvalue weighted by molar-refractivity contribution is 7.20. The molecule has 0 fully saturated rings. The molecule has 2 rings (SSSR count). The van der Waals surface area contributed by atoms with Crippen LogP contribution in [-0.2, 0) is 0 Å². The van der Waals surface area contributed by atoms with Crippen molar-refractivity contribution in [3.05, 3.63) is 35.2 Å². The Balaban J connectivity index is 2.25. The largest absolute Gasteiger partial charge is 0.293 e.